The SMILES string of the molecule is CCNC(=O)NC(=O)C(C)NC(C)(CC)C(=O)O. The third kappa shape index (κ3) is 4.70. The first kappa shape index (κ1) is 16.4. The van der Waals surface area contributed by atoms with Crippen LogP contribution in [0, 0.1) is 0 Å². The first-order valence-corrected chi connectivity index (χ1v) is 5.86. The largest absolute Gasteiger partial charge is 0.480 e. The Morgan fingerprint density at radius 2 is 1.83 bits per heavy atom. The van der Waals surface area contributed by atoms with Crippen LogP contribution in [0.5, 0.6) is 0 Å². The fourth-order valence-corrected chi connectivity index (χ4v) is 1.28. The molecule has 3 amide bonds. The van der Waals surface area contributed by atoms with Crippen molar-refractivity contribution in [2.45, 2.75) is 45.7 Å². The lowest BCUT2D eigenvalue weighted by Crippen LogP contribution is -2.58. The fourth-order valence-electron chi connectivity index (χ4n) is 1.28. The van der Waals surface area contributed by atoms with Crippen LogP contribution < -0.4 is 16.0 Å². The van der Waals surface area contributed by atoms with E-state index in [1.807, 2.05) is 0 Å². The summed E-state index contributed by atoms with van der Waals surface area (Å²) in [5.74, 6) is -1.61. The number of urea groups is 1. The lowest BCUT2D eigenvalue weighted by Gasteiger charge is -2.28. The molecule has 0 aromatic carbocycles. The number of amides is 3. The Morgan fingerprint density at radius 3 is 2.22 bits per heavy atom. The summed E-state index contributed by atoms with van der Waals surface area (Å²) in [6.07, 6.45) is 0.321. The van der Waals surface area contributed by atoms with Gasteiger partial charge in [0.2, 0.25) is 5.91 Å². The molecule has 0 aromatic rings. The summed E-state index contributed by atoms with van der Waals surface area (Å²) in [4.78, 5) is 33.8. The molecule has 104 valence electrons. The summed E-state index contributed by atoms with van der Waals surface area (Å²) in [5, 5.41) is 16.3. The van der Waals surface area contributed by atoms with E-state index in [9.17, 15) is 14.4 Å². The highest BCUT2D eigenvalue weighted by atomic mass is 16.4. The molecule has 0 aliphatic heterocycles. The van der Waals surface area contributed by atoms with Gasteiger partial charge in [0.1, 0.15) is 5.54 Å². The van der Waals surface area contributed by atoms with Crippen molar-refractivity contribution in [2.24, 2.45) is 0 Å². The van der Waals surface area contributed by atoms with Gasteiger partial charge in [0.25, 0.3) is 0 Å². The molecule has 2 atom stereocenters. The quantitative estimate of drug-likeness (QED) is 0.539. The van der Waals surface area contributed by atoms with E-state index in [1.54, 1.807) is 13.8 Å². The number of nitrogens with one attached hydrogen (secondary N) is 3. The number of imide groups is 1. The molecule has 0 aliphatic carbocycles. The smallest absolute Gasteiger partial charge is 0.323 e. The zero-order valence-electron chi connectivity index (χ0n) is 11.2. The Labute approximate surface area is 106 Å². The Bertz CT molecular complexity index is 332. The molecule has 4 N–H and O–H groups in total. The Kier molecular flexibility index (Phi) is 6.32. The highest BCUT2D eigenvalue weighted by molar-refractivity contribution is 5.97. The number of aliphatic carboxylic acids is 1. The topological polar surface area (TPSA) is 108 Å². The van der Waals surface area contributed by atoms with Gasteiger partial charge in [-0.15, -0.1) is 0 Å². The molecule has 0 bridgehead atoms. The van der Waals surface area contributed by atoms with Gasteiger partial charge in [0.05, 0.1) is 6.04 Å². The molecule has 0 fully saturated rings. The van der Waals surface area contributed by atoms with Crippen LogP contribution in [0.1, 0.15) is 34.1 Å². The molecule has 7 nitrogen and oxygen atoms in total. The van der Waals surface area contributed by atoms with Gasteiger partial charge < -0.3 is 10.4 Å². The molecule has 0 radical (unpaired) electrons. The van der Waals surface area contributed by atoms with Crippen molar-refractivity contribution in [3.8, 4) is 0 Å². The van der Waals surface area contributed by atoms with E-state index in [-0.39, 0.29) is 0 Å². The van der Waals surface area contributed by atoms with Crippen molar-refractivity contribution in [1.82, 2.24) is 16.0 Å². The molecule has 0 saturated carbocycles. The molecule has 0 heterocycles. The maximum Gasteiger partial charge on any atom is 0.323 e. The van der Waals surface area contributed by atoms with E-state index in [0.29, 0.717) is 13.0 Å². The van der Waals surface area contributed by atoms with E-state index in [0.717, 1.165) is 0 Å². The molecular weight excluding hydrogens is 238 g/mol. The third-order valence-electron chi connectivity index (χ3n) is 2.68. The van der Waals surface area contributed by atoms with Crippen LogP contribution in [-0.2, 0) is 9.59 Å². The van der Waals surface area contributed by atoms with Gasteiger partial charge in [-0.3, -0.25) is 20.2 Å². The highest BCUT2D eigenvalue weighted by Crippen LogP contribution is 2.10. The minimum absolute atomic E-state index is 0.321. The molecule has 0 rings (SSSR count). The van der Waals surface area contributed by atoms with Crippen LogP contribution in [0.3, 0.4) is 0 Å². The molecule has 0 saturated heterocycles. The predicted molar refractivity (Wildman–Crippen MR) is 66.1 cm³/mol. The summed E-state index contributed by atoms with van der Waals surface area (Å²) < 4.78 is 0. The fraction of sp³-hybridized carbons (Fsp3) is 0.727. The maximum atomic E-state index is 11.6. The van der Waals surface area contributed by atoms with Crippen molar-refractivity contribution in [3.63, 3.8) is 0 Å². The van der Waals surface area contributed by atoms with Crippen LogP contribution in [0.4, 0.5) is 4.79 Å². The molecule has 2 unspecified atom stereocenters. The van der Waals surface area contributed by atoms with E-state index < -0.39 is 29.5 Å². The lowest BCUT2D eigenvalue weighted by atomic mass is 9.98. The Morgan fingerprint density at radius 1 is 1.28 bits per heavy atom. The summed E-state index contributed by atoms with van der Waals surface area (Å²) in [6, 6.07) is -1.38. The predicted octanol–water partition coefficient (Wildman–Crippen LogP) is 0.0635. The second-order valence-corrected chi connectivity index (χ2v) is 4.21. The molecule has 0 spiro atoms. The van der Waals surface area contributed by atoms with Crippen LogP contribution in [-0.4, -0.2) is 41.1 Å². The zero-order valence-corrected chi connectivity index (χ0v) is 11.2. The van der Waals surface area contributed by atoms with Crippen LogP contribution in [0.2, 0.25) is 0 Å². The number of carbonyl (C=O) groups is 3. The number of hydrogen-bond donors (Lipinski definition) is 4. The standard InChI is InChI=1S/C11H21N3O4/c1-5-11(4,9(16)17)14-7(3)8(15)13-10(18)12-6-2/h7,14H,5-6H2,1-4H3,(H,16,17)(H2,12,13,15,18). The van der Waals surface area contributed by atoms with Crippen molar-refractivity contribution >= 4 is 17.9 Å². The van der Waals surface area contributed by atoms with Gasteiger partial charge in [-0.25, -0.2) is 4.79 Å². The minimum Gasteiger partial charge on any atom is -0.480 e. The van der Waals surface area contributed by atoms with E-state index >= 15 is 0 Å². The average Bonchev–Trinajstić information content (AvgIpc) is 2.28. The highest BCUT2D eigenvalue weighted by Gasteiger charge is 2.34. The summed E-state index contributed by atoms with van der Waals surface area (Å²) in [7, 11) is 0. The second kappa shape index (κ2) is 6.95. The number of carboxylic acids is 1. The van der Waals surface area contributed by atoms with Gasteiger partial charge >= 0.3 is 12.0 Å². The first-order chi connectivity index (χ1) is 8.26. The van der Waals surface area contributed by atoms with E-state index in [2.05, 4.69) is 16.0 Å². The van der Waals surface area contributed by atoms with E-state index in [4.69, 9.17) is 5.11 Å². The van der Waals surface area contributed by atoms with E-state index in [1.165, 1.54) is 13.8 Å². The van der Waals surface area contributed by atoms with Crippen molar-refractivity contribution in [2.75, 3.05) is 6.54 Å². The molecular formula is C11H21N3O4. The number of hydrogen-bond acceptors (Lipinski definition) is 4. The summed E-state index contributed by atoms with van der Waals surface area (Å²) in [6.45, 7) is 6.83. The summed E-state index contributed by atoms with van der Waals surface area (Å²) >= 11 is 0. The van der Waals surface area contributed by atoms with Gasteiger partial charge in [-0.05, 0) is 27.2 Å². The first-order valence-electron chi connectivity index (χ1n) is 5.86. The molecule has 18 heavy (non-hydrogen) atoms. The van der Waals surface area contributed by atoms with Crippen LogP contribution in [0.25, 0.3) is 0 Å². The van der Waals surface area contributed by atoms with Gasteiger partial charge in [0.15, 0.2) is 0 Å². The number of carbonyl (C=O) groups excluding carboxylic acids is 2. The van der Waals surface area contributed by atoms with Gasteiger partial charge in [-0.1, -0.05) is 6.92 Å². The summed E-state index contributed by atoms with van der Waals surface area (Å²) in [5.41, 5.74) is -1.20. The number of carboxylic acid groups (broad SMARTS) is 1. The molecule has 7 heteroatoms. The second-order valence-electron chi connectivity index (χ2n) is 4.21. The molecule has 0 aliphatic rings. The Hall–Kier alpha value is -1.63. The van der Waals surface area contributed by atoms with Crippen molar-refractivity contribution in [1.29, 1.82) is 0 Å². The van der Waals surface area contributed by atoms with Gasteiger partial charge in [0, 0.05) is 6.54 Å². The monoisotopic (exact) mass is 259 g/mol. The van der Waals surface area contributed by atoms with Crippen molar-refractivity contribution < 1.29 is 19.5 Å². The number of rotatable bonds is 6. The Balaban J connectivity index is 4.48. The van der Waals surface area contributed by atoms with Crippen LogP contribution >= 0.6 is 0 Å². The average molecular weight is 259 g/mol. The van der Waals surface area contributed by atoms with Crippen molar-refractivity contribution in [3.05, 3.63) is 0 Å². The third-order valence-corrected chi connectivity index (χ3v) is 2.68. The molecule has 0 aromatic heterocycles. The maximum absolute atomic E-state index is 11.6. The normalized spacial score (nSPS) is 15.3. The van der Waals surface area contributed by atoms with Crippen LogP contribution in [0.15, 0.2) is 0 Å². The lowest BCUT2D eigenvalue weighted by molar-refractivity contribution is -0.144. The van der Waals surface area contributed by atoms with Gasteiger partial charge in [-0.2, -0.15) is 0 Å². The zero-order chi connectivity index (χ0) is 14.3. The minimum atomic E-state index is -1.20.